The summed E-state index contributed by atoms with van der Waals surface area (Å²) in [5.41, 5.74) is 2.39. The summed E-state index contributed by atoms with van der Waals surface area (Å²) < 4.78 is 0. The van der Waals surface area contributed by atoms with E-state index in [1.807, 2.05) is 24.3 Å². The Balaban J connectivity index is 1.52. The van der Waals surface area contributed by atoms with Gasteiger partial charge in [0.25, 0.3) is 5.91 Å². The van der Waals surface area contributed by atoms with Gasteiger partial charge in [0.2, 0.25) is 6.17 Å². The van der Waals surface area contributed by atoms with Crippen LogP contribution in [0.4, 0.5) is 21.9 Å². The summed E-state index contributed by atoms with van der Waals surface area (Å²) in [5, 5.41) is 18.6. The van der Waals surface area contributed by atoms with Crippen LogP contribution in [-0.4, -0.2) is 59.9 Å². The van der Waals surface area contributed by atoms with Crippen molar-refractivity contribution in [3.05, 3.63) is 84.2 Å². The number of aliphatic hydroxyl groups excluding tert-OH is 1. The Bertz CT molecular complexity index is 1460. The number of urea groups is 1. The molecule has 206 valence electrons. The second-order valence-corrected chi connectivity index (χ2v) is 10.2. The highest BCUT2D eigenvalue weighted by Gasteiger charge is 2.47. The summed E-state index contributed by atoms with van der Waals surface area (Å²) in [6, 6.07) is 19.0. The number of hydrogen-bond acceptors (Lipinski definition) is 7. The van der Waals surface area contributed by atoms with Gasteiger partial charge in [0.1, 0.15) is 0 Å². The minimum Gasteiger partial charge on any atom is -0.395 e. The average molecular weight is 541 g/mol. The van der Waals surface area contributed by atoms with Crippen molar-refractivity contribution in [2.75, 3.05) is 35.7 Å². The number of aliphatic hydroxyl groups is 1. The number of nitrogens with zero attached hydrogens (tertiary/aromatic N) is 3. The van der Waals surface area contributed by atoms with E-state index < -0.39 is 23.5 Å². The summed E-state index contributed by atoms with van der Waals surface area (Å²) in [4.78, 5) is 51.2. The summed E-state index contributed by atoms with van der Waals surface area (Å²) >= 11 is 0. The Morgan fingerprint density at radius 1 is 1.05 bits per heavy atom. The fraction of sp³-hybridized carbons (Fsp3) is 0.300. The van der Waals surface area contributed by atoms with E-state index in [9.17, 15) is 19.5 Å². The van der Waals surface area contributed by atoms with E-state index in [0.29, 0.717) is 28.3 Å². The molecule has 2 aromatic carbocycles. The van der Waals surface area contributed by atoms with Crippen molar-refractivity contribution < 1.29 is 19.5 Å². The van der Waals surface area contributed by atoms with Crippen molar-refractivity contribution in [3.63, 3.8) is 0 Å². The highest BCUT2D eigenvalue weighted by atomic mass is 16.3. The van der Waals surface area contributed by atoms with E-state index in [1.165, 1.54) is 4.90 Å². The number of hydrogen-bond donors (Lipinski definition) is 4. The standard InChI is InChI=1S/C30H32N6O4/c1-30(18-37,19-13-14-19)25(38)17-36-24-12-4-3-10-22(24)26(23-11-5-6-15-32-23)34-27(28(36)39)35-29(40)33-21-9-7-8-20(16-21)31-2/h3-12,15-16,19,27,31,37H,13-14,17-18H2,1-2H3,(H2,33,35,40)/t27-,30?/m0/s1. The number of amides is 3. The normalized spacial score (nSPS) is 18.1. The molecule has 3 aromatic rings. The number of ketones is 1. The molecular weight excluding hydrogens is 508 g/mol. The number of benzodiazepines with no additional fused rings is 1. The molecule has 0 saturated heterocycles. The number of carbonyl (C=O) groups excluding carboxylic acids is 3. The molecule has 1 saturated carbocycles. The predicted molar refractivity (Wildman–Crippen MR) is 154 cm³/mol. The van der Waals surface area contributed by atoms with Gasteiger partial charge in [-0.3, -0.25) is 14.6 Å². The molecule has 10 nitrogen and oxygen atoms in total. The van der Waals surface area contributed by atoms with E-state index in [-0.39, 0.29) is 24.9 Å². The molecule has 2 atom stereocenters. The number of aromatic nitrogens is 1. The monoisotopic (exact) mass is 540 g/mol. The first kappa shape index (κ1) is 27.0. The fourth-order valence-electron chi connectivity index (χ4n) is 4.93. The van der Waals surface area contributed by atoms with Crippen molar-refractivity contribution >= 4 is 40.5 Å². The van der Waals surface area contributed by atoms with Gasteiger partial charge in [-0.25, -0.2) is 9.79 Å². The van der Waals surface area contributed by atoms with Gasteiger partial charge >= 0.3 is 6.03 Å². The van der Waals surface area contributed by atoms with Crippen molar-refractivity contribution in [2.24, 2.45) is 16.3 Å². The van der Waals surface area contributed by atoms with Gasteiger partial charge in [0, 0.05) is 30.2 Å². The van der Waals surface area contributed by atoms with E-state index in [0.717, 1.165) is 18.5 Å². The highest BCUT2D eigenvalue weighted by Crippen LogP contribution is 2.46. The number of aliphatic imine (C=N–C) groups is 1. The minimum atomic E-state index is -1.34. The smallest absolute Gasteiger partial charge is 0.321 e. The van der Waals surface area contributed by atoms with Crippen LogP contribution < -0.4 is 20.9 Å². The lowest BCUT2D eigenvalue weighted by molar-refractivity contribution is -0.131. The van der Waals surface area contributed by atoms with Crippen LogP contribution in [0.15, 0.2) is 77.9 Å². The maximum atomic E-state index is 14.0. The van der Waals surface area contributed by atoms with Crippen LogP contribution >= 0.6 is 0 Å². The van der Waals surface area contributed by atoms with Crippen LogP contribution in [-0.2, 0) is 9.59 Å². The number of nitrogens with one attached hydrogen (secondary N) is 3. The van der Waals surface area contributed by atoms with Crippen molar-refractivity contribution in [1.82, 2.24) is 10.3 Å². The first-order valence-corrected chi connectivity index (χ1v) is 13.2. The van der Waals surface area contributed by atoms with Crippen molar-refractivity contribution in [2.45, 2.75) is 25.9 Å². The zero-order valence-corrected chi connectivity index (χ0v) is 22.4. The van der Waals surface area contributed by atoms with Gasteiger partial charge < -0.3 is 26.0 Å². The molecule has 3 amide bonds. The molecule has 1 unspecified atom stereocenters. The second kappa shape index (κ2) is 11.3. The number of pyridine rings is 1. The topological polar surface area (TPSA) is 136 Å². The van der Waals surface area contributed by atoms with Gasteiger partial charge in [-0.05, 0) is 55.2 Å². The molecule has 40 heavy (non-hydrogen) atoms. The summed E-state index contributed by atoms with van der Waals surface area (Å²) in [5.74, 6) is -0.730. The molecule has 0 radical (unpaired) electrons. The zero-order valence-electron chi connectivity index (χ0n) is 22.4. The van der Waals surface area contributed by atoms with E-state index >= 15 is 0 Å². The molecule has 5 rings (SSSR count). The van der Waals surface area contributed by atoms with Crippen LogP contribution in [0.2, 0.25) is 0 Å². The fourth-order valence-corrected chi connectivity index (χ4v) is 4.93. The third-order valence-corrected chi connectivity index (χ3v) is 7.54. The van der Waals surface area contributed by atoms with Gasteiger partial charge in [0.15, 0.2) is 5.78 Å². The Morgan fingerprint density at radius 3 is 2.50 bits per heavy atom. The van der Waals surface area contributed by atoms with Crippen LogP contribution in [0.25, 0.3) is 0 Å². The number of para-hydroxylation sites is 1. The van der Waals surface area contributed by atoms with Crippen LogP contribution in [0.5, 0.6) is 0 Å². The van der Waals surface area contributed by atoms with Crippen LogP contribution in [0, 0.1) is 11.3 Å². The Morgan fingerprint density at radius 2 is 1.80 bits per heavy atom. The third kappa shape index (κ3) is 5.43. The third-order valence-electron chi connectivity index (χ3n) is 7.54. The van der Waals surface area contributed by atoms with E-state index in [4.69, 9.17) is 0 Å². The van der Waals surface area contributed by atoms with E-state index in [1.54, 1.807) is 62.6 Å². The van der Waals surface area contributed by atoms with Gasteiger partial charge in [0.05, 0.1) is 35.7 Å². The lowest BCUT2D eigenvalue weighted by Gasteiger charge is -2.31. The van der Waals surface area contributed by atoms with Crippen molar-refractivity contribution in [1.29, 1.82) is 0 Å². The molecule has 1 fully saturated rings. The summed E-state index contributed by atoms with van der Waals surface area (Å²) in [6.45, 7) is 1.18. The SMILES string of the molecule is CNc1cccc(NC(=O)N[C@@H]2N=C(c3ccccn3)c3ccccc3N(CC(=O)C(C)(CO)C3CC3)C2=O)c1. The largest absolute Gasteiger partial charge is 0.395 e. The molecule has 4 N–H and O–H groups in total. The lowest BCUT2D eigenvalue weighted by atomic mass is 9.81. The number of rotatable bonds is 9. The number of anilines is 3. The first-order valence-electron chi connectivity index (χ1n) is 13.2. The molecule has 0 bridgehead atoms. The number of fused-ring (bicyclic) bond motifs is 1. The second-order valence-electron chi connectivity index (χ2n) is 10.2. The Kier molecular flexibility index (Phi) is 7.61. The maximum absolute atomic E-state index is 14.0. The Hall–Kier alpha value is -4.57. The quantitative estimate of drug-likeness (QED) is 0.328. The van der Waals surface area contributed by atoms with Crippen LogP contribution in [0.1, 0.15) is 31.0 Å². The molecule has 2 heterocycles. The molecular formula is C30H32N6O4. The lowest BCUT2D eigenvalue weighted by Crippen LogP contribution is -2.51. The van der Waals surface area contributed by atoms with Gasteiger partial charge in [-0.1, -0.05) is 37.3 Å². The summed E-state index contributed by atoms with van der Waals surface area (Å²) in [6.07, 6.45) is 2.00. The molecule has 1 aromatic heterocycles. The van der Waals surface area contributed by atoms with Gasteiger partial charge in [-0.2, -0.15) is 0 Å². The predicted octanol–water partition coefficient (Wildman–Crippen LogP) is 3.43. The molecule has 1 aliphatic carbocycles. The molecule has 0 spiro atoms. The minimum absolute atomic E-state index is 0.0794. The maximum Gasteiger partial charge on any atom is 0.321 e. The van der Waals surface area contributed by atoms with Crippen molar-refractivity contribution in [3.8, 4) is 0 Å². The molecule has 1 aliphatic heterocycles. The van der Waals surface area contributed by atoms with Gasteiger partial charge in [-0.15, -0.1) is 0 Å². The Labute approximate surface area is 232 Å². The average Bonchev–Trinajstić information content (AvgIpc) is 3.84. The molecule has 10 heteroatoms. The number of benzene rings is 2. The number of Topliss-reactive ketones (excluding diaryl/α,β-unsaturated/α-hetero) is 1. The summed E-state index contributed by atoms with van der Waals surface area (Å²) in [7, 11) is 1.77. The number of carbonyl (C=O) groups is 3. The zero-order chi connectivity index (χ0) is 28.3. The highest BCUT2D eigenvalue weighted by molar-refractivity contribution is 6.20. The molecule has 2 aliphatic rings. The van der Waals surface area contributed by atoms with Crippen LogP contribution in [0.3, 0.4) is 0 Å². The van der Waals surface area contributed by atoms with E-state index in [2.05, 4.69) is 25.9 Å². The first-order chi connectivity index (χ1) is 19.3.